The third-order valence-electron chi connectivity index (χ3n) is 3.11. The van der Waals surface area contributed by atoms with E-state index in [1.807, 2.05) is 6.07 Å². The van der Waals surface area contributed by atoms with Crippen LogP contribution in [0.2, 0.25) is 0 Å². The van der Waals surface area contributed by atoms with Crippen molar-refractivity contribution in [1.29, 1.82) is 5.26 Å². The molecular formula is C12H13N3O3. The summed E-state index contributed by atoms with van der Waals surface area (Å²) in [7, 11) is 1.65. The Bertz CT molecular complexity index is 504. The van der Waals surface area contributed by atoms with Gasteiger partial charge in [0, 0.05) is 19.2 Å². The molecular weight excluding hydrogens is 234 g/mol. The Morgan fingerprint density at radius 3 is 2.83 bits per heavy atom. The summed E-state index contributed by atoms with van der Waals surface area (Å²) in [6, 6.07) is 6.46. The summed E-state index contributed by atoms with van der Waals surface area (Å²) in [6.45, 7) is 0. The highest BCUT2D eigenvalue weighted by Gasteiger charge is 2.30. The van der Waals surface area contributed by atoms with Crippen molar-refractivity contribution in [3.05, 3.63) is 33.9 Å². The average Bonchev–Trinajstić information content (AvgIpc) is 2.32. The molecule has 0 unspecified atom stereocenters. The Balaban J connectivity index is 2.15. The predicted octanol–water partition coefficient (Wildman–Crippen LogP) is 2.06. The molecule has 1 saturated carbocycles. The molecule has 2 rings (SSSR count). The lowest BCUT2D eigenvalue weighted by Gasteiger charge is -2.35. The molecule has 1 aliphatic rings. The largest absolute Gasteiger partial charge is 0.381 e. The second kappa shape index (κ2) is 5.02. The van der Waals surface area contributed by atoms with Crippen LogP contribution in [0.4, 0.5) is 11.4 Å². The number of hydrogen-bond acceptors (Lipinski definition) is 5. The first-order valence-electron chi connectivity index (χ1n) is 5.62. The van der Waals surface area contributed by atoms with Crippen molar-refractivity contribution < 1.29 is 9.66 Å². The van der Waals surface area contributed by atoms with E-state index in [2.05, 4.69) is 5.32 Å². The molecule has 0 saturated heterocycles. The molecule has 0 aliphatic heterocycles. The predicted molar refractivity (Wildman–Crippen MR) is 65.3 cm³/mol. The molecule has 1 fully saturated rings. The van der Waals surface area contributed by atoms with Crippen LogP contribution in [-0.4, -0.2) is 24.2 Å². The second-order valence-corrected chi connectivity index (χ2v) is 4.27. The molecule has 0 radical (unpaired) electrons. The van der Waals surface area contributed by atoms with Crippen LogP contribution in [0.5, 0.6) is 0 Å². The lowest BCUT2D eigenvalue weighted by Crippen LogP contribution is -2.40. The zero-order chi connectivity index (χ0) is 13.1. The highest BCUT2D eigenvalue weighted by atomic mass is 16.6. The van der Waals surface area contributed by atoms with Gasteiger partial charge in [-0.05, 0) is 25.0 Å². The fourth-order valence-corrected chi connectivity index (χ4v) is 1.98. The molecule has 1 aromatic rings. The maximum absolute atomic E-state index is 10.9. The normalized spacial score (nSPS) is 21.8. The van der Waals surface area contributed by atoms with Gasteiger partial charge in [0.1, 0.15) is 5.69 Å². The van der Waals surface area contributed by atoms with E-state index in [-0.39, 0.29) is 17.8 Å². The first-order valence-corrected chi connectivity index (χ1v) is 5.62. The molecule has 0 spiro atoms. The highest BCUT2D eigenvalue weighted by molar-refractivity contribution is 5.64. The smallest absolute Gasteiger partial charge is 0.292 e. The zero-order valence-electron chi connectivity index (χ0n) is 9.92. The minimum absolute atomic E-state index is 0.00475. The van der Waals surface area contributed by atoms with E-state index in [1.54, 1.807) is 7.11 Å². The van der Waals surface area contributed by atoms with E-state index in [9.17, 15) is 10.1 Å². The SMILES string of the molecule is COC1CC(Nc2cc(C#N)ccc2[N+](=O)[O-])C1. The second-order valence-electron chi connectivity index (χ2n) is 4.27. The number of anilines is 1. The Morgan fingerprint density at radius 2 is 2.28 bits per heavy atom. The van der Waals surface area contributed by atoms with Gasteiger partial charge in [-0.3, -0.25) is 10.1 Å². The number of nitro groups is 1. The van der Waals surface area contributed by atoms with E-state index in [4.69, 9.17) is 10.00 Å². The topological polar surface area (TPSA) is 88.2 Å². The number of rotatable bonds is 4. The van der Waals surface area contributed by atoms with E-state index in [1.165, 1.54) is 18.2 Å². The van der Waals surface area contributed by atoms with Crippen LogP contribution in [0.1, 0.15) is 18.4 Å². The quantitative estimate of drug-likeness (QED) is 0.649. The summed E-state index contributed by atoms with van der Waals surface area (Å²) >= 11 is 0. The van der Waals surface area contributed by atoms with Crippen molar-refractivity contribution in [2.24, 2.45) is 0 Å². The van der Waals surface area contributed by atoms with E-state index >= 15 is 0 Å². The van der Waals surface area contributed by atoms with Crippen LogP contribution in [0.3, 0.4) is 0 Å². The number of nitriles is 1. The van der Waals surface area contributed by atoms with Gasteiger partial charge in [-0.25, -0.2) is 0 Å². The van der Waals surface area contributed by atoms with Gasteiger partial charge in [-0.2, -0.15) is 5.26 Å². The number of nitrogens with one attached hydrogen (secondary N) is 1. The van der Waals surface area contributed by atoms with E-state index in [0.29, 0.717) is 11.3 Å². The average molecular weight is 247 g/mol. The van der Waals surface area contributed by atoms with Crippen molar-refractivity contribution in [2.75, 3.05) is 12.4 Å². The van der Waals surface area contributed by atoms with Crippen LogP contribution < -0.4 is 5.32 Å². The standard InChI is InChI=1S/C12H13N3O3/c1-18-10-5-9(6-10)14-11-4-8(7-13)2-3-12(11)15(16)17/h2-4,9-10,14H,5-6H2,1H3. The third-order valence-corrected chi connectivity index (χ3v) is 3.11. The van der Waals surface area contributed by atoms with Crippen molar-refractivity contribution in [2.45, 2.75) is 25.0 Å². The molecule has 0 bridgehead atoms. The molecule has 6 heteroatoms. The number of nitrogens with zero attached hydrogens (tertiary/aromatic N) is 2. The van der Waals surface area contributed by atoms with Crippen LogP contribution in [0.15, 0.2) is 18.2 Å². The molecule has 1 aromatic carbocycles. The van der Waals surface area contributed by atoms with Gasteiger partial charge in [-0.15, -0.1) is 0 Å². The third kappa shape index (κ3) is 2.41. The van der Waals surface area contributed by atoms with E-state index in [0.717, 1.165) is 12.8 Å². The number of methoxy groups -OCH3 is 1. The van der Waals surface area contributed by atoms with E-state index < -0.39 is 4.92 Å². The summed E-state index contributed by atoms with van der Waals surface area (Å²) in [5, 5.41) is 22.8. The molecule has 6 nitrogen and oxygen atoms in total. The first-order chi connectivity index (χ1) is 8.63. The Labute approximate surface area is 104 Å². The lowest BCUT2D eigenvalue weighted by atomic mass is 9.89. The van der Waals surface area contributed by atoms with Gasteiger partial charge in [0.2, 0.25) is 0 Å². The Morgan fingerprint density at radius 1 is 1.56 bits per heavy atom. The van der Waals surface area contributed by atoms with Gasteiger partial charge in [0.05, 0.1) is 22.7 Å². The Kier molecular flexibility index (Phi) is 3.44. The molecule has 94 valence electrons. The molecule has 0 atom stereocenters. The van der Waals surface area contributed by atoms with Crippen LogP contribution in [-0.2, 0) is 4.74 Å². The van der Waals surface area contributed by atoms with Crippen LogP contribution >= 0.6 is 0 Å². The fourth-order valence-electron chi connectivity index (χ4n) is 1.98. The lowest BCUT2D eigenvalue weighted by molar-refractivity contribution is -0.384. The van der Waals surface area contributed by atoms with Crippen LogP contribution in [0.25, 0.3) is 0 Å². The number of benzene rings is 1. The van der Waals surface area contributed by atoms with Crippen molar-refractivity contribution >= 4 is 11.4 Å². The van der Waals surface area contributed by atoms with Gasteiger partial charge in [0.15, 0.2) is 0 Å². The summed E-state index contributed by atoms with van der Waals surface area (Å²) < 4.78 is 5.15. The maximum Gasteiger partial charge on any atom is 0.292 e. The first kappa shape index (κ1) is 12.3. The monoisotopic (exact) mass is 247 g/mol. The number of ether oxygens (including phenoxy) is 1. The van der Waals surface area contributed by atoms with Gasteiger partial charge in [0.25, 0.3) is 5.69 Å². The fraction of sp³-hybridized carbons (Fsp3) is 0.417. The molecule has 18 heavy (non-hydrogen) atoms. The molecule has 0 aromatic heterocycles. The van der Waals surface area contributed by atoms with Crippen molar-refractivity contribution in [3.63, 3.8) is 0 Å². The van der Waals surface area contributed by atoms with Crippen molar-refractivity contribution in [3.8, 4) is 6.07 Å². The summed E-state index contributed by atoms with van der Waals surface area (Å²) in [5.41, 5.74) is 0.805. The summed E-state index contributed by atoms with van der Waals surface area (Å²) in [5.74, 6) is 0. The minimum atomic E-state index is -0.448. The highest BCUT2D eigenvalue weighted by Crippen LogP contribution is 2.31. The van der Waals surface area contributed by atoms with Crippen molar-refractivity contribution in [1.82, 2.24) is 0 Å². The summed E-state index contributed by atoms with van der Waals surface area (Å²) in [4.78, 5) is 10.4. The molecule has 0 heterocycles. The summed E-state index contributed by atoms with van der Waals surface area (Å²) in [6.07, 6.45) is 1.87. The maximum atomic E-state index is 10.9. The number of nitro benzene ring substituents is 1. The zero-order valence-corrected chi connectivity index (χ0v) is 9.92. The molecule has 0 amide bonds. The minimum Gasteiger partial charge on any atom is -0.381 e. The van der Waals surface area contributed by atoms with Crippen LogP contribution in [0, 0.1) is 21.4 Å². The van der Waals surface area contributed by atoms with Gasteiger partial charge < -0.3 is 10.1 Å². The molecule has 1 aliphatic carbocycles. The van der Waals surface area contributed by atoms with Gasteiger partial charge in [-0.1, -0.05) is 0 Å². The van der Waals surface area contributed by atoms with Gasteiger partial charge >= 0.3 is 0 Å². The molecule has 1 N–H and O–H groups in total. The number of hydrogen-bond donors (Lipinski definition) is 1. The Hall–Kier alpha value is -2.13.